The zero-order valence-electron chi connectivity index (χ0n) is 73.1. The Kier molecular flexibility index (Phi) is 29.2. The molecular weight excluding hydrogens is 1340 g/mol. The van der Waals surface area contributed by atoms with E-state index in [1.807, 2.05) is 0 Å². The minimum Gasteiger partial charge on any atom is -0.462 e. The number of carbonyl (C=O) groups is 5. The van der Waals surface area contributed by atoms with Gasteiger partial charge in [0.2, 0.25) is 0 Å². The van der Waals surface area contributed by atoms with Crippen molar-refractivity contribution in [3.63, 3.8) is 0 Å². The first-order chi connectivity index (χ1) is 49.0. The Bertz CT molecular complexity index is 2960. The van der Waals surface area contributed by atoms with Crippen LogP contribution in [0.15, 0.2) is 18.2 Å². The quantitative estimate of drug-likeness (QED) is 0.0215. The van der Waals surface area contributed by atoms with Crippen LogP contribution in [-0.2, 0) is 71.7 Å². The molecule has 6 saturated heterocycles. The predicted molar refractivity (Wildman–Crippen MR) is 433 cm³/mol. The molecule has 6 N–H and O–H groups in total. The van der Waals surface area contributed by atoms with Gasteiger partial charge in [-0.3, -0.25) is 24.0 Å². The Morgan fingerprint density at radius 3 is 0.832 bits per heavy atom. The van der Waals surface area contributed by atoms with Crippen LogP contribution in [0.25, 0.3) is 0 Å². The van der Waals surface area contributed by atoms with Crippen molar-refractivity contribution in [1.82, 2.24) is 31.9 Å². The van der Waals surface area contributed by atoms with E-state index in [0.29, 0.717) is 141 Å². The van der Waals surface area contributed by atoms with E-state index in [0.717, 1.165) is 55.2 Å². The molecular formula is C90H158N6O11. The van der Waals surface area contributed by atoms with Gasteiger partial charge in [0.15, 0.2) is 10.8 Å². The molecule has 0 bridgehead atoms. The van der Waals surface area contributed by atoms with Crippen molar-refractivity contribution in [3.8, 4) is 0 Å². The van der Waals surface area contributed by atoms with E-state index in [4.69, 9.17) is 28.4 Å². The standard InChI is InChI=1S/C90H158N6O11/c1-28-31-42-88(61-102-65-49-76(4,5)91-77(6,7)50-65,71(97)103-66-51-78(8,9)92-79(10,11)52-66)43-34-37-62-40-41-63(38-35-46-89(44-32-29-2,72(98)104-67-53-80(12,13)93-81(14,15)54-67)73(99)105-68-55-82(16,17)94-83(18,19)56-68)64(48-62)39-36-47-90(45-33-30-3,74(100)106-69-57-84(20,21)95-85(22,23)58-69)75(101)107-70-59-86(24,25)96-87(26,27)60-70/h40-41,48,65-70,91-96H,28-39,42-47,49-61H2,1-27H3. The number of rotatable bonds is 34. The van der Waals surface area contributed by atoms with E-state index in [1.54, 1.807) is 0 Å². The molecule has 17 heteroatoms. The average Bonchev–Trinajstić information content (AvgIpc) is 0.814. The summed E-state index contributed by atoms with van der Waals surface area (Å²) in [4.78, 5) is 78.4. The highest BCUT2D eigenvalue weighted by molar-refractivity contribution is 6.01. The second kappa shape index (κ2) is 34.5. The van der Waals surface area contributed by atoms with Crippen LogP contribution < -0.4 is 31.9 Å². The zero-order valence-corrected chi connectivity index (χ0v) is 73.1. The number of carbonyl (C=O) groups excluding carboxylic acids is 5. The van der Waals surface area contributed by atoms with Crippen molar-refractivity contribution in [2.45, 2.75) is 483 Å². The third-order valence-electron chi connectivity index (χ3n) is 24.3. The Balaban J connectivity index is 1.30. The van der Waals surface area contributed by atoms with Crippen LogP contribution in [-0.4, -0.2) is 140 Å². The molecule has 1 unspecified atom stereocenters. The van der Waals surface area contributed by atoms with Gasteiger partial charge >= 0.3 is 29.8 Å². The van der Waals surface area contributed by atoms with Crippen LogP contribution in [0.2, 0.25) is 0 Å². The number of hydrogen-bond donors (Lipinski definition) is 6. The summed E-state index contributed by atoms with van der Waals surface area (Å²) in [5, 5.41) is 22.6. The summed E-state index contributed by atoms with van der Waals surface area (Å²) in [6, 6.07) is 6.76. The molecule has 0 spiro atoms. The fourth-order valence-electron chi connectivity index (χ4n) is 21.9. The average molecular weight is 1500 g/mol. The Hall–Kier alpha value is -3.71. The van der Waals surface area contributed by atoms with Gasteiger partial charge in [0.05, 0.1) is 18.1 Å². The summed E-state index contributed by atoms with van der Waals surface area (Å²) < 4.78 is 41.0. The molecule has 1 aromatic rings. The van der Waals surface area contributed by atoms with Crippen molar-refractivity contribution in [2.24, 2.45) is 16.2 Å². The van der Waals surface area contributed by atoms with Gasteiger partial charge in [-0.15, -0.1) is 0 Å². The molecule has 0 saturated carbocycles. The van der Waals surface area contributed by atoms with Gasteiger partial charge in [-0.2, -0.15) is 0 Å². The van der Waals surface area contributed by atoms with Crippen LogP contribution in [0.5, 0.6) is 0 Å². The van der Waals surface area contributed by atoms with E-state index in [-0.39, 0.29) is 104 Å². The van der Waals surface area contributed by atoms with Gasteiger partial charge in [0.25, 0.3) is 0 Å². The lowest BCUT2D eigenvalue weighted by atomic mass is 9.75. The molecule has 6 aliphatic rings. The predicted octanol–water partition coefficient (Wildman–Crippen LogP) is 17.8. The smallest absolute Gasteiger partial charge is 0.323 e. The maximum Gasteiger partial charge on any atom is 0.323 e. The van der Waals surface area contributed by atoms with Crippen LogP contribution in [0, 0.1) is 16.2 Å². The van der Waals surface area contributed by atoms with E-state index in [9.17, 15) is 0 Å². The van der Waals surface area contributed by atoms with Gasteiger partial charge in [0.1, 0.15) is 30.5 Å². The van der Waals surface area contributed by atoms with E-state index in [1.165, 1.54) is 0 Å². The van der Waals surface area contributed by atoms with E-state index >= 15 is 24.0 Å². The summed E-state index contributed by atoms with van der Waals surface area (Å²) in [6.07, 6.45) is 16.2. The lowest BCUT2D eigenvalue weighted by molar-refractivity contribution is -0.186. The molecule has 1 aromatic carbocycles. The topological polar surface area (TPSA) is 213 Å². The number of piperidine rings is 6. The first-order valence-electron chi connectivity index (χ1n) is 42.5. The monoisotopic (exact) mass is 1500 g/mol. The van der Waals surface area contributed by atoms with Crippen LogP contribution in [0.3, 0.4) is 0 Å². The number of hydrogen-bond acceptors (Lipinski definition) is 17. The van der Waals surface area contributed by atoms with Crippen molar-refractivity contribution < 1.29 is 52.4 Å². The Morgan fingerprint density at radius 1 is 0.308 bits per heavy atom. The molecule has 0 amide bonds. The molecule has 1 atom stereocenters. The first kappa shape index (κ1) is 90.5. The number of esters is 5. The second-order valence-electron chi connectivity index (χ2n) is 43.3. The number of nitrogens with one attached hydrogen (secondary N) is 6. The second-order valence-corrected chi connectivity index (χ2v) is 43.3. The summed E-state index contributed by atoms with van der Waals surface area (Å²) >= 11 is 0. The molecule has 107 heavy (non-hydrogen) atoms. The highest BCUT2D eigenvalue weighted by Crippen LogP contribution is 2.46. The SMILES string of the molecule is CCCCC(CCCc1ccc(CCCC(CCCC)(C(=O)OC2CC(C)(C)NC(C)(C)C2)C(=O)OC2CC(C)(C)NC(C)(C)C2)c(CCCC(CCCC)(C(=O)OC2CC(C)(C)NC(C)(C)C2)C(=O)OC2CC(C)(C)NC(C)(C)C2)c1)(COC1CC(C)(C)NC(C)(C)C1)C(=O)OC1CC(C)(C)NC(C)(C)C1. The lowest BCUT2D eigenvalue weighted by Crippen LogP contribution is -2.61. The van der Waals surface area contributed by atoms with Crippen LogP contribution in [0.4, 0.5) is 0 Å². The first-order valence-corrected chi connectivity index (χ1v) is 42.5. The van der Waals surface area contributed by atoms with Gasteiger partial charge in [-0.25, -0.2) is 0 Å². The summed E-state index contributed by atoms with van der Waals surface area (Å²) in [7, 11) is 0. The molecule has 614 valence electrons. The van der Waals surface area contributed by atoms with Gasteiger partial charge in [-0.05, 0) is 273 Å². The molecule has 0 aliphatic carbocycles. The van der Waals surface area contributed by atoms with Crippen molar-refractivity contribution in [2.75, 3.05) is 6.61 Å². The number of benzene rings is 1. The van der Waals surface area contributed by atoms with Gasteiger partial charge < -0.3 is 60.3 Å². The molecule has 6 aliphatic heterocycles. The fraction of sp³-hybridized carbons (Fsp3) is 0.878. The van der Waals surface area contributed by atoms with Crippen LogP contribution >= 0.6 is 0 Å². The number of aryl methyl sites for hydroxylation is 3. The van der Waals surface area contributed by atoms with Crippen LogP contribution in [0.1, 0.15) is 377 Å². The summed E-state index contributed by atoms with van der Waals surface area (Å²) in [5.41, 5.74) is -4.04. The largest absolute Gasteiger partial charge is 0.462 e. The number of unbranched alkanes of at least 4 members (excludes halogenated alkanes) is 3. The minimum atomic E-state index is -1.58. The Morgan fingerprint density at radius 2 is 0.542 bits per heavy atom. The van der Waals surface area contributed by atoms with Gasteiger partial charge in [-0.1, -0.05) is 77.5 Å². The van der Waals surface area contributed by atoms with Crippen molar-refractivity contribution in [3.05, 3.63) is 34.9 Å². The molecule has 6 heterocycles. The molecule has 0 aromatic heterocycles. The summed E-state index contributed by atoms with van der Waals surface area (Å²) in [5.74, 6) is -2.15. The third-order valence-corrected chi connectivity index (χ3v) is 24.3. The molecule has 6 fully saturated rings. The van der Waals surface area contributed by atoms with E-state index in [2.05, 4.69) is 237 Å². The minimum absolute atomic E-state index is 0.0457. The molecule has 7 rings (SSSR count). The van der Waals surface area contributed by atoms with Crippen molar-refractivity contribution in [1.29, 1.82) is 0 Å². The fourth-order valence-corrected chi connectivity index (χ4v) is 21.9. The molecule has 0 radical (unpaired) electrons. The highest BCUT2D eigenvalue weighted by atomic mass is 16.6. The number of ether oxygens (including phenoxy) is 6. The Labute approximate surface area is 651 Å². The molecule has 17 nitrogen and oxygen atoms in total. The van der Waals surface area contributed by atoms with Crippen molar-refractivity contribution >= 4 is 29.8 Å². The zero-order chi connectivity index (χ0) is 80.1. The summed E-state index contributed by atoms with van der Waals surface area (Å²) in [6.45, 7) is 58.8. The highest BCUT2D eigenvalue weighted by Gasteiger charge is 2.55. The lowest BCUT2D eigenvalue weighted by Gasteiger charge is -2.47. The van der Waals surface area contributed by atoms with E-state index < -0.39 is 64.5 Å². The maximum absolute atomic E-state index is 15.8. The van der Waals surface area contributed by atoms with Gasteiger partial charge in [0, 0.05) is 131 Å². The normalized spacial score (nSPS) is 24.7. The third kappa shape index (κ3) is 26.4. The maximum atomic E-state index is 15.8.